The predicted octanol–water partition coefficient (Wildman–Crippen LogP) is 2.40. The Balaban J connectivity index is 2.06. The molecule has 21 heavy (non-hydrogen) atoms. The van der Waals surface area contributed by atoms with Crippen molar-refractivity contribution in [2.75, 3.05) is 18.4 Å². The molecule has 2 atom stereocenters. The normalized spacial score (nSPS) is 20.9. The number of nitriles is 1. The fraction of sp³-hybridized carbons (Fsp3) is 0.357. The molecule has 1 heterocycles. The molecule has 0 bridgehead atoms. The monoisotopic (exact) mass is 307 g/mol. The third-order valence-corrected chi connectivity index (χ3v) is 3.87. The quantitative estimate of drug-likeness (QED) is 0.877. The summed E-state index contributed by atoms with van der Waals surface area (Å²) in [5, 5.41) is 20.7. The first-order valence-electron chi connectivity index (χ1n) is 6.40. The van der Waals surface area contributed by atoms with Gasteiger partial charge in [-0.25, -0.2) is 4.79 Å². The number of likely N-dealkylation sites (tertiary alicyclic amines) is 1. The highest BCUT2D eigenvalue weighted by Gasteiger charge is 2.37. The van der Waals surface area contributed by atoms with Crippen LogP contribution < -0.4 is 5.32 Å². The largest absolute Gasteiger partial charge is 0.481 e. The summed E-state index contributed by atoms with van der Waals surface area (Å²) in [5.74, 6) is -1.54. The number of carbonyl (C=O) groups is 2. The minimum atomic E-state index is -0.894. The van der Waals surface area contributed by atoms with Crippen molar-refractivity contribution < 1.29 is 14.7 Å². The summed E-state index contributed by atoms with van der Waals surface area (Å²) in [6.45, 7) is 2.37. The van der Waals surface area contributed by atoms with Crippen LogP contribution in [0.25, 0.3) is 0 Å². The van der Waals surface area contributed by atoms with Gasteiger partial charge in [0.1, 0.15) is 0 Å². The summed E-state index contributed by atoms with van der Waals surface area (Å²) < 4.78 is 0. The SMILES string of the molecule is C[C@@H]1CN(C(=O)Nc2ccc(C#N)cc2Cl)C[C@H]1C(=O)O. The zero-order valence-electron chi connectivity index (χ0n) is 11.3. The Kier molecular flexibility index (Phi) is 4.34. The van der Waals surface area contributed by atoms with E-state index in [2.05, 4.69) is 5.32 Å². The minimum Gasteiger partial charge on any atom is -0.481 e. The average Bonchev–Trinajstić information content (AvgIpc) is 2.83. The molecule has 1 aliphatic heterocycles. The van der Waals surface area contributed by atoms with Crippen molar-refractivity contribution in [1.29, 1.82) is 5.26 Å². The molecule has 0 radical (unpaired) electrons. The Morgan fingerprint density at radius 3 is 2.71 bits per heavy atom. The molecule has 1 aromatic carbocycles. The third-order valence-electron chi connectivity index (χ3n) is 3.56. The van der Waals surface area contributed by atoms with Gasteiger partial charge in [-0.1, -0.05) is 18.5 Å². The molecule has 0 aromatic heterocycles. The van der Waals surface area contributed by atoms with Crippen LogP contribution in [0.2, 0.25) is 5.02 Å². The second-order valence-corrected chi connectivity index (χ2v) is 5.47. The van der Waals surface area contributed by atoms with Gasteiger partial charge in [-0.3, -0.25) is 4.79 Å². The van der Waals surface area contributed by atoms with E-state index < -0.39 is 17.9 Å². The van der Waals surface area contributed by atoms with Gasteiger partial charge in [-0.05, 0) is 24.1 Å². The van der Waals surface area contributed by atoms with E-state index in [9.17, 15) is 9.59 Å². The van der Waals surface area contributed by atoms with Crippen molar-refractivity contribution in [1.82, 2.24) is 4.90 Å². The van der Waals surface area contributed by atoms with Crippen LogP contribution in [0, 0.1) is 23.2 Å². The zero-order chi connectivity index (χ0) is 15.6. The molecule has 1 saturated heterocycles. The second-order valence-electron chi connectivity index (χ2n) is 5.06. The minimum absolute atomic E-state index is 0.0929. The average molecular weight is 308 g/mol. The molecule has 2 amide bonds. The first-order chi connectivity index (χ1) is 9.92. The van der Waals surface area contributed by atoms with E-state index in [1.807, 2.05) is 6.07 Å². The van der Waals surface area contributed by atoms with Gasteiger partial charge in [0.2, 0.25) is 0 Å². The number of nitrogens with zero attached hydrogens (tertiary/aromatic N) is 2. The van der Waals surface area contributed by atoms with E-state index in [0.29, 0.717) is 17.8 Å². The number of amides is 2. The van der Waals surface area contributed by atoms with Crippen LogP contribution in [0.5, 0.6) is 0 Å². The Morgan fingerprint density at radius 1 is 1.48 bits per heavy atom. The van der Waals surface area contributed by atoms with Crippen molar-refractivity contribution >= 4 is 29.3 Å². The van der Waals surface area contributed by atoms with E-state index in [1.54, 1.807) is 19.1 Å². The summed E-state index contributed by atoms with van der Waals surface area (Å²) in [4.78, 5) is 24.6. The number of anilines is 1. The lowest BCUT2D eigenvalue weighted by Crippen LogP contribution is -2.33. The summed E-state index contributed by atoms with van der Waals surface area (Å²) >= 11 is 5.99. The molecule has 6 nitrogen and oxygen atoms in total. The van der Waals surface area contributed by atoms with Gasteiger partial charge < -0.3 is 15.3 Å². The van der Waals surface area contributed by atoms with Gasteiger partial charge in [-0.15, -0.1) is 0 Å². The van der Waals surface area contributed by atoms with Crippen LogP contribution in [-0.2, 0) is 4.79 Å². The molecular formula is C14H14ClN3O3. The van der Waals surface area contributed by atoms with Crippen molar-refractivity contribution in [2.24, 2.45) is 11.8 Å². The molecule has 7 heteroatoms. The van der Waals surface area contributed by atoms with Crippen LogP contribution in [0.3, 0.4) is 0 Å². The van der Waals surface area contributed by atoms with Crippen LogP contribution in [-0.4, -0.2) is 35.1 Å². The fourth-order valence-electron chi connectivity index (χ4n) is 2.33. The lowest BCUT2D eigenvalue weighted by molar-refractivity contribution is -0.142. The van der Waals surface area contributed by atoms with Crippen LogP contribution in [0.15, 0.2) is 18.2 Å². The number of benzene rings is 1. The van der Waals surface area contributed by atoms with Gasteiger partial charge in [0.15, 0.2) is 0 Å². The molecule has 0 spiro atoms. The molecule has 1 fully saturated rings. The van der Waals surface area contributed by atoms with Gasteiger partial charge >= 0.3 is 12.0 Å². The Morgan fingerprint density at radius 2 is 2.19 bits per heavy atom. The summed E-state index contributed by atoms with van der Waals surface area (Å²) in [6, 6.07) is 6.12. The topological polar surface area (TPSA) is 93.4 Å². The number of carboxylic acids is 1. The molecule has 0 aliphatic carbocycles. The summed E-state index contributed by atoms with van der Waals surface area (Å²) in [5.41, 5.74) is 0.797. The first kappa shape index (κ1) is 15.1. The van der Waals surface area contributed by atoms with Crippen molar-refractivity contribution in [3.05, 3.63) is 28.8 Å². The van der Waals surface area contributed by atoms with Gasteiger partial charge in [0.05, 0.1) is 28.3 Å². The lowest BCUT2D eigenvalue weighted by Gasteiger charge is -2.17. The highest BCUT2D eigenvalue weighted by Crippen LogP contribution is 2.26. The highest BCUT2D eigenvalue weighted by atomic mass is 35.5. The Bertz CT molecular complexity index is 626. The maximum Gasteiger partial charge on any atom is 0.321 e. The molecule has 1 aromatic rings. The number of halogens is 1. The Labute approximate surface area is 126 Å². The molecule has 1 aliphatic rings. The maximum atomic E-state index is 12.1. The van der Waals surface area contributed by atoms with E-state index in [1.165, 1.54) is 11.0 Å². The van der Waals surface area contributed by atoms with Crippen LogP contribution >= 0.6 is 11.6 Å². The number of aliphatic carboxylic acids is 1. The fourth-order valence-corrected chi connectivity index (χ4v) is 2.56. The zero-order valence-corrected chi connectivity index (χ0v) is 12.1. The standard InChI is InChI=1S/C14H14ClN3O3/c1-8-6-18(7-10(8)13(19)20)14(21)17-12-3-2-9(5-16)4-11(12)15/h2-4,8,10H,6-7H2,1H3,(H,17,21)(H,19,20)/t8-,10-/m1/s1. The summed E-state index contributed by atoms with van der Waals surface area (Å²) in [7, 11) is 0. The van der Waals surface area contributed by atoms with Crippen molar-refractivity contribution in [3.63, 3.8) is 0 Å². The first-order valence-corrected chi connectivity index (χ1v) is 6.78. The molecular weight excluding hydrogens is 294 g/mol. The number of hydrogen-bond acceptors (Lipinski definition) is 3. The third kappa shape index (κ3) is 3.26. The number of rotatable bonds is 2. The predicted molar refractivity (Wildman–Crippen MR) is 77.0 cm³/mol. The second kappa shape index (κ2) is 6.02. The number of carbonyl (C=O) groups excluding carboxylic acids is 1. The molecule has 2 rings (SSSR count). The molecule has 110 valence electrons. The number of urea groups is 1. The van der Waals surface area contributed by atoms with Gasteiger partial charge in [0.25, 0.3) is 0 Å². The lowest BCUT2D eigenvalue weighted by atomic mass is 9.99. The smallest absolute Gasteiger partial charge is 0.321 e. The summed E-state index contributed by atoms with van der Waals surface area (Å²) in [6.07, 6.45) is 0. The van der Waals surface area contributed by atoms with E-state index in [4.69, 9.17) is 22.0 Å². The van der Waals surface area contributed by atoms with Crippen LogP contribution in [0.4, 0.5) is 10.5 Å². The Hall–Kier alpha value is -2.26. The molecule has 0 unspecified atom stereocenters. The van der Waals surface area contributed by atoms with E-state index in [0.717, 1.165) is 0 Å². The van der Waals surface area contributed by atoms with Crippen molar-refractivity contribution in [3.8, 4) is 6.07 Å². The van der Waals surface area contributed by atoms with Crippen molar-refractivity contribution in [2.45, 2.75) is 6.92 Å². The molecule has 0 saturated carbocycles. The maximum absolute atomic E-state index is 12.1. The number of hydrogen-bond donors (Lipinski definition) is 2. The van der Waals surface area contributed by atoms with Gasteiger partial charge in [0, 0.05) is 13.1 Å². The molecule has 2 N–H and O–H groups in total. The van der Waals surface area contributed by atoms with E-state index in [-0.39, 0.29) is 17.5 Å². The number of carboxylic acid groups (broad SMARTS) is 1. The van der Waals surface area contributed by atoms with Crippen LogP contribution in [0.1, 0.15) is 12.5 Å². The van der Waals surface area contributed by atoms with E-state index >= 15 is 0 Å². The number of nitrogens with one attached hydrogen (secondary N) is 1. The van der Waals surface area contributed by atoms with Gasteiger partial charge in [-0.2, -0.15) is 5.26 Å². The highest BCUT2D eigenvalue weighted by molar-refractivity contribution is 6.33.